The van der Waals surface area contributed by atoms with Gasteiger partial charge in [0.2, 0.25) is 0 Å². The van der Waals surface area contributed by atoms with Crippen molar-refractivity contribution >= 4 is 12.0 Å². The molecular formula is C12H12O3. The number of carbonyl (C=O) groups is 1. The molecule has 0 radical (unpaired) electrons. The Labute approximate surface area is 88.3 Å². The number of hydrogen-bond acceptors (Lipinski definition) is 3. The molecule has 3 heteroatoms. The van der Waals surface area contributed by atoms with Gasteiger partial charge < -0.3 is 9.47 Å². The van der Waals surface area contributed by atoms with Crippen LogP contribution in [-0.2, 0) is 20.9 Å². The molecule has 0 atom stereocenters. The van der Waals surface area contributed by atoms with Gasteiger partial charge in [0.05, 0.1) is 25.9 Å². The fraction of sp³-hybridized carbons (Fsp3) is 0.250. The highest BCUT2D eigenvalue weighted by Crippen LogP contribution is 2.19. The first-order valence-electron chi connectivity index (χ1n) is 4.76. The Morgan fingerprint density at radius 3 is 2.93 bits per heavy atom. The van der Waals surface area contributed by atoms with Crippen molar-refractivity contribution in [3.63, 3.8) is 0 Å². The van der Waals surface area contributed by atoms with Gasteiger partial charge in [-0.1, -0.05) is 24.3 Å². The maximum atomic E-state index is 11.4. The first kappa shape index (κ1) is 9.93. The van der Waals surface area contributed by atoms with Crippen molar-refractivity contribution in [3.8, 4) is 0 Å². The molecule has 0 N–H and O–H groups in total. The molecule has 0 aromatic heterocycles. The van der Waals surface area contributed by atoms with Gasteiger partial charge >= 0.3 is 5.97 Å². The standard InChI is InChI=1S/C12H12O3/c1-14-12(13)11-6-9-4-2-3-5-10(9)7-15-8-11/h2-6H,7-8H2,1H3. The van der Waals surface area contributed by atoms with E-state index in [1.807, 2.05) is 30.3 Å². The molecule has 0 aliphatic carbocycles. The van der Waals surface area contributed by atoms with Crippen molar-refractivity contribution < 1.29 is 14.3 Å². The summed E-state index contributed by atoms with van der Waals surface area (Å²) in [5, 5.41) is 0. The van der Waals surface area contributed by atoms with Crippen LogP contribution >= 0.6 is 0 Å². The third-order valence-corrected chi connectivity index (χ3v) is 2.35. The fourth-order valence-corrected chi connectivity index (χ4v) is 1.56. The highest BCUT2D eigenvalue weighted by molar-refractivity contribution is 5.94. The van der Waals surface area contributed by atoms with Crippen LogP contribution in [0.1, 0.15) is 11.1 Å². The minimum Gasteiger partial charge on any atom is -0.466 e. The minimum absolute atomic E-state index is 0.307. The second kappa shape index (κ2) is 4.28. The monoisotopic (exact) mass is 204 g/mol. The summed E-state index contributed by atoms with van der Waals surface area (Å²) in [6.45, 7) is 0.842. The Morgan fingerprint density at radius 1 is 1.33 bits per heavy atom. The van der Waals surface area contributed by atoms with E-state index in [0.29, 0.717) is 18.8 Å². The molecule has 1 aliphatic rings. The molecular weight excluding hydrogens is 192 g/mol. The molecule has 1 aromatic carbocycles. The highest BCUT2D eigenvalue weighted by atomic mass is 16.5. The highest BCUT2D eigenvalue weighted by Gasteiger charge is 2.14. The van der Waals surface area contributed by atoms with Crippen molar-refractivity contribution in [2.45, 2.75) is 6.61 Å². The first-order chi connectivity index (χ1) is 7.31. The zero-order chi connectivity index (χ0) is 10.7. The third kappa shape index (κ3) is 2.07. The average molecular weight is 204 g/mol. The van der Waals surface area contributed by atoms with Gasteiger partial charge in [-0.05, 0) is 17.2 Å². The quantitative estimate of drug-likeness (QED) is 0.654. The Kier molecular flexibility index (Phi) is 2.83. The molecule has 1 heterocycles. The van der Waals surface area contributed by atoms with Gasteiger partial charge in [0, 0.05) is 0 Å². The molecule has 0 spiro atoms. The normalized spacial score (nSPS) is 14.9. The number of carbonyl (C=O) groups excluding carboxylic acids is 1. The first-order valence-corrected chi connectivity index (χ1v) is 4.76. The van der Waals surface area contributed by atoms with E-state index in [9.17, 15) is 4.79 Å². The van der Waals surface area contributed by atoms with Gasteiger partial charge in [0.1, 0.15) is 0 Å². The smallest absolute Gasteiger partial charge is 0.336 e. The van der Waals surface area contributed by atoms with Crippen LogP contribution in [0.15, 0.2) is 29.8 Å². The van der Waals surface area contributed by atoms with Crippen LogP contribution in [0.2, 0.25) is 0 Å². The summed E-state index contributed by atoms with van der Waals surface area (Å²) in [5.74, 6) is -0.327. The molecule has 1 aromatic rings. The maximum absolute atomic E-state index is 11.4. The van der Waals surface area contributed by atoms with Crippen LogP contribution in [-0.4, -0.2) is 19.7 Å². The zero-order valence-corrected chi connectivity index (χ0v) is 8.53. The fourth-order valence-electron chi connectivity index (χ4n) is 1.56. The molecule has 0 amide bonds. The summed E-state index contributed by atoms with van der Waals surface area (Å²) in [4.78, 5) is 11.4. The van der Waals surface area contributed by atoms with E-state index in [2.05, 4.69) is 4.74 Å². The molecule has 15 heavy (non-hydrogen) atoms. The van der Waals surface area contributed by atoms with Crippen molar-refractivity contribution in [3.05, 3.63) is 41.0 Å². The summed E-state index contributed by atoms with van der Waals surface area (Å²) in [6, 6.07) is 7.85. The molecule has 78 valence electrons. The van der Waals surface area contributed by atoms with E-state index < -0.39 is 0 Å². The van der Waals surface area contributed by atoms with Gasteiger partial charge in [0.25, 0.3) is 0 Å². The molecule has 0 saturated heterocycles. The second-order valence-electron chi connectivity index (χ2n) is 3.35. The average Bonchev–Trinajstić information content (AvgIpc) is 2.49. The van der Waals surface area contributed by atoms with Crippen molar-refractivity contribution in [1.29, 1.82) is 0 Å². The van der Waals surface area contributed by atoms with Crippen molar-refractivity contribution in [1.82, 2.24) is 0 Å². The van der Waals surface area contributed by atoms with Gasteiger partial charge in [-0.3, -0.25) is 0 Å². The number of rotatable bonds is 1. The Bertz CT molecular complexity index is 407. The second-order valence-corrected chi connectivity index (χ2v) is 3.35. The molecule has 0 bridgehead atoms. The number of fused-ring (bicyclic) bond motifs is 1. The van der Waals surface area contributed by atoms with Gasteiger partial charge in [0.15, 0.2) is 0 Å². The van der Waals surface area contributed by atoms with Crippen LogP contribution in [0.4, 0.5) is 0 Å². The zero-order valence-electron chi connectivity index (χ0n) is 8.53. The summed E-state index contributed by atoms with van der Waals surface area (Å²) in [7, 11) is 1.37. The lowest BCUT2D eigenvalue weighted by Crippen LogP contribution is -2.09. The number of esters is 1. The number of benzene rings is 1. The summed E-state index contributed by atoms with van der Waals surface area (Å²) >= 11 is 0. The minimum atomic E-state index is -0.327. The molecule has 0 fully saturated rings. The lowest BCUT2D eigenvalue weighted by atomic mass is 10.1. The molecule has 0 unspecified atom stereocenters. The predicted octanol–water partition coefficient (Wildman–Crippen LogP) is 1.77. The topological polar surface area (TPSA) is 35.5 Å². The summed E-state index contributed by atoms with van der Waals surface area (Å²) in [5.41, 5.74) is 2.68. The molecule has 0 saturated carbocycles. The van der Waals surface area contributed by atoms with Gasteiger partial charge in [-0.2, -0.15) is 0 Å². The lowest BCUT2D eigenvalue weighted by Gasteiger charge is -2.02. The van der Waals surface area contributed by atoms with E-state index in [1.54, 1.807) is 0 Å². The van der Waals surface area contributed by atoms with Gasteiger partial charge in [-0.25, -0.2) is 4.79 Å². The van der Waals surface area contributed by atoms with E-state index in [1.165, 1.54) is 7.11 Å². The van der Waals surface area contributed by atoms with Crippen LogP contribution in [0.25, 0.3) is 6.08 Å². The number of hydrogen-bond donors (Lipinski definition) is 0. The van der Waals surface area contributed by atoms with E-state index in [0.717, 1.165) is 11.1 Å². The number of methoxy groups -OCH3 is 1. The predicted molar refractivity (Wildman–Crippen MR) is 56.1 cm³/mol. The van der Waals surface area contributed by atoms with E-state index in [-0.39, 0.29) is 5.97 Å². The molecule has 3 nitrogen and oxygen atoms in total. The molecule has 2 rings (SSSR count). The van der Waals surface area contributed by atoms with Crippen molar-refractivity contribution in [2.24, 2.45) is 0 Å². The third-order valence-electron chi connectivity index (χ3n) is 2.35. The summed E-state index contributed by atoms with van der Waals surface area (Å²) in [6.07, 6.45) is 1.83. The largest absolute Gasteiger partial charge is 0.466 e. The van der Waals surface area contributed by atoms with Crippen LogP contribution in [0.5, 0.6) is 0 Å². The van der Waals surface area contributed by atoms with Crippen molar-refractivity contribution in [2.75, 3.05) is 13.7 Å². The van der Waals surface area contributed by atoms with Crippen LogP contribution < -0.4 is 0 Å². The Hall–Kier alpha value is -1.61. The molecule has 1 aliphatic heterocycles. The van der Waals surface area contributed by atoms with E-state index >= 15 is 0 Å². The van der Waals surface area contributed by atoms with Gasteiger partial charge in [-0.15, -0.1) is 0 Å². The Balaban J connectivity index is 2.38. The van der Waals surface area contributed by atoms with E-state index in [4.69, 9.17) is 4.74 Å². The maximum Gasteiger partial charge on any atom is 0.336 e. The number of ether oxygens (including phenoxy) is 2. The summed E-state index contributed by atoms with van der Waals surface area (Å²) < 4.78 is 10.1. The Morgan fingerprint density at radius 2 is 2.13 bits per heavy atom. The lowest BCUT2D eigenvalue weighted by molar-refractivity contribution is -0.136. The van der Waals surface area contributed by atoms with Crippen LogP contribution in [0, 0.1) is 0 Å². The SMILES string of the molecule is COC(=O)C1=Cc2ccccc2COC1. The van der Waals surface area contributed by atoms with Crippen LogP contribution in [0.3, 0.4) is 0 Å².